The molecule has 0 saturated carbocycles. The van der Waals surface area contributed by atoms with Crippen LogP contribution in [0.1, 0.15) is 25.3 Å². The number of fused-ring (bicyclic) bond motifs is 1. The summed E-state index contributed by atoms with van der Waals surface area (Å²) in [4.78, 5) is 12.9. The molecule has 1 fully saturated rings. The smallest absolute Gasteiger partial charge is 0.151 e. The van der Waals surface area contributed by atoms with Crippen LogP contribution in [0.15, 0.2) is 12.5 Å². The van der Waals surface area contributed by atoms with Crippen molar-refractivity contribution in [2.45, 2.75) is 32.4 Å². The van der Waals surface area contributed by atoms with Gasteiger partial charge in [0, 0.05) is 17.9 Å². The number of H-pyrrole nitrogens is 1. The Bertz CT molecular complexity index is 646. The highest BCUT2D eigenvalue weighted by atomic mass is 32.2. The van der Waals surface area contributed by atoms with Crippen LogP contribution in [-0.2, 0) is 6.54 Å². The number of nitrogens with one attached hydrogen (secondary N) is 2. The molecule has 1 aliphatic heterocycles. The lowest BCUT2D eigenvalue weighted by Gasteiger charge is -2.12. The van der Waals surface area contributed by atoms with E-state index in [1.807, 2.05) is 18.0 Å². The molecule has 2 aromatic rings. The zero-order valence-corrected chi connectivity index (χ0v) is 14.4. The molecule has 0 spiro atoms. The maximum Gasteiger partial charge on any atom is 0.151 e. The lowest BCUT2D eigenvalue weighted by atomic mass is 10.1. The van der Waals surface area contributed by atoms with Crippen LogP contribution in [0, 0.1) is 5.92 Å². The maximum atomic E-state index is 10.3. The van der Waals surface area contributed by atoms with Gasteiger partial charge in [0.1, 0.15) is 36.6 Å². The number of aromatic amines is 1. The number of rotatable bonds is 7. The highest BCUT2D eigenvalue weighted by Crippen LogP contribution is 2.19. The van der Waals surface area contributed by atoms with E-state index in [0.717, 1.165) is 42.0 Å². The van der Waals surface area contributed by atoms with Gasteiger partial charge in [0.15, 0.2) is 5.82 Å². The first-order valence-corrected chi connectivity index (χ1v) is 9.50. The van der Waals surface area contributed by atoms with Crippen molar-refractivity contribution < 1.29 is 10.0 Å². The molecule has 3 heterocycles. The molecular formula is C16H26N5OS+. The third kappa shape index (κ3) is 3.79. The van der Waals surface area contributed by atoms with Gasteiger partial charge in [0.05, 0.1) is 12.1 Å². The SMILES string of the molecule is CCCCSC[C@H]1C[NH+](Cc2c[nH]c3c(N)ncnc23)C[C@@H]1O. The van der Waals surface area contributed by atoms with Gasteiger partial charge in [-0.3, -0.25) is 0 Å². The fourth-order valence-corrected chi connectivity index (χ4v) is 4.57. The average Bonchev–Trinajstić information content (AvgIpc) is 3.09. The molecule has 0 aliphatic carbocycles. The Morgan fingerprint density at radius 3 is 3.13 bits per heavy atom. The lowest BCUT2D eigenvalue weighted by molar-refractivity contribution is -0.903. The number of aliphatic hydroxyl groups excluding tert-OH is 1. The first kappa shape index (κ1) is 16.5. The highest BCUT2D eigenvalue weighted by molar-refractivity contribution is 7.99. The predicted octanol–water partition coefficient (Wildman–Crippen LogP) is 0.449. The first-order valence-electron chi connectivity index (χ1n) is 8.34. The molecule has 2 aromatic heterocycles. The molecule has 6 nitrogen and oxygen atoms in total. The van der Waals surface area contributed by atoms with Crippen LogP contribution in [-0.4, -0.2) is 50.8 Å². The molecule has 5 N–H and O–H groups in total. The van der Waals surface area contributed by atoms with Crippen LogP contribution < -0.4 is 10.6 Å². The molecule has 0 bridgehead atoms. The second-order valence-electron chi connectivity index (χ2n) is 6.39. The zero-order valence-electron chi connectivity index (χ0n) is 13.6. The highest BCUT2D eigenvalue weighted by Gasteiger charge is 2.35. The Hall–Kier alpha value is -1.31. The van der Waals surface area contributed by atoms with Crippen molar-refractivity contribution in [3.8, 4) is 0 Å². The number of hydrogen-bond donors (Lipinski definition) is 4. The quantitative estimate of drug-likeness (QED) is 0.551. The van der Waals surface area contributed by atoms with Crippen molar-refractivity contribution in [2.75, 3.05) is 30.3 Å². The minimum Gasteiger partial charge on any atom is -0.387 e. The summed E-state index contributed by atoms with van der Waals surface area (Å²) in [5.74, 6) is 3.15. The van der Waals surface area contributed by atoms with Gasteiger partial charge in [-0.05, 0) is 12.2 Å². The summed E-state index contributed by atoms with van der Waals surface area (Å²) in [7, 11) is 0. The van der Waals surface area contributed by atoms with Gasteiger partial charge in [-0.15, -0.1) is 0 Å². The number of quaternary nitrogens is 1. The minimum atomic E-state index is -0.191. The fraction of sp³-hybridized carbons (Fsp3) is 0.625. The van der Waals surface area contributed by atoms with E-state index in [1.54, 1.807) is 0 Å². The van der Waals surface area contributed by atoms with E-state index in [9.17, 15) is 5.11 Å². The van der Waals surface area contributed by atoms with Gasteiger partial charge in [-0.2, -0.15) is 11.8 Å². The molecule has 1 saturated heterocycles. The summed E-state index contributed by atoms with van der Waals surface area (Å²) >= 11 is 1.98. The van der Waals surface area contributed by atoms with Crippen LogP contribution in [0.4, 0.5) is 5.82 Å². The van der Waals surface area contributed by atoms with Crippen molar-refractivity contribution in [1.82, 2.24) is 15.0 Å². The summed E-state index contributed by atoms with van der Waals surface area (Å²) in [6, 6.07) is 0. The van der Waals surface area contributed by atoms with Crippen molar-refractivity contribution >= 4 is 28.6 Å². The summed E-state index contributed by atoms with van der Waals surface area (Å²) in [6.07, 6.45) is 5.79. The van der Waals surface area contributed by atoms with Crippen LogP contribution in [0.3, 0.4) is 0 Å². The third-order valence-corrected chi connectivity index (χ3v) is 5.82. The fourth-order valence-electron chi connectivity index (χ4n) is 3.26. The van der Waals surface area contributed by atoms with Crippen LogP contribution in [0.2, 0.25) is 0 Å². The number of unbranched alkanes of at least 4 members (excludes halogenated alkanes) is 1. The topological polar surface area (TPSA) is 92.3 Å². The average molecular weight is 336 g/mol. The van der Waals surface area contributed by atoms with Crippen molar-refractivity contribution in [2.24, 2.45) is 5.92 Å². The van der Waals surface area contributed by atoms with E-state index in [0.29, 0.717) is 11.7 Å². The number of anilines is 1. The third-order valence-electron chi connectivity index (χ3n) is 4.58. The summed E-state index contributed by atoms with van der Waals surface area (Å²) < 4.78 is 0. The normalized spacial score (nSPS) is 24.5. The Morgan fingerprint density at radius 2 is 2.30 bits per heavy atom. The van der Waals surface area contributed by atoms with Gasteiger partial charge in [-0.25, -0.2) is 9.97 Å². The number of nitrogens with zero attached hydrogens (tertiary/aromatic N) is 2. The molecule has 3 rings (SSSR count). The molecule has 7 heteroatoms. The molecule has 3 atom stereocenters. The van der Waals surface area contributed by atoms with E-state index in [-0.39, 0.29) is 6.10 Å². The number of likely N-dealkylation sites (tertiary alicyclic amines) is 1. The first-order chi connectivity index (χ1) is 11.2. The van der Waals surface area contributed by atoms with E-state index in [4.69, 9.17) is 5.73 Å². The van der Waals surface area contributed by atoms with E-state index >= 15 is 0 Å². The number of hydrogen-bond acceptors (Lipinski definition) is 5. The Labute approximate surface area is 140 Å². The summed E-state index contributed by atoms with van der Waals surface area (Å²) in [5.41, 5.74) is 8.73. The van der Waals surface area contributed by atoms with Crippen molar-refractivity contribution in [1.29, 1.82) is 0 Å². The van der Waals surface area contributed by atoms with Crippen LogP contribution in [0.5, 0.6) is 0 Å². The standard InChI is InChI=1S/C16H25N5OS/c1-2-3-4-23-9-12-7-21(8-13(12)22)6-11-5-18-15-14(11)19-10-20-16(15)17/h5,10,12-13,18,22H,2-4,6-9H2,1H3,(H2,17,19,20)/p+1/t12-,13+/m1/s1. The number of nitrogen functional groups attached to an aromatic ring is 1. The number of nitrogens with two attached hydrogens (primary N) is 1. The Morgan fingerprint density at radius 1 is 1.43 bits per heavy atom. The molecule has 126 valence electrons. The Balaban J connectivity index is 1.59. The summed E-state index contributed by atoms with van der Waals surface area (Å²) in [5, 5.41) is 10.3. The van der Waals surface area contributed by atoms with Crippen molar-refractivity contribution in [3.05, 3.63) is 18.1 Å². The predicted molar refractivity (Wildman–Crippen MR) is 94.4 cm³/mol. The monoisotopic (exact) mass is 336 g/mol. The molecule has 23 heavy (non-hydrogen) atoms. The lowest BCUT2D eigenvalue weighted by Crippen LogP contribution is -3.09. The second-order valence-corrected chi connectivity index (χ2v) is 7.54. The number of thioether (sulfide) groups is 1. The maximum absolute atomic E-state index is 10.3. The molecular weight excluding hydrogens is 310 g/mol. The van der Waals surface area contributed by atoms with Crippen molar-refractivity contribution in [3.63, 3.8) is 0 Å². The van der Waals surface area contributed by atoms with Gasteiger partial charge in [0.25, 0.3) is 0 Å². The largest absolute Gasteiger partial charge is 0.387 e. The molecule has 1 aliphatic rings. The Kier molecular flexibility index (Phi) is 5.40. The zero-order chi connectivity index (χ0) is 16.2. The van der Waals surface area contributed by atoms with Gasteiger partial charge < -0.3 is 20.7 Å². The van der Waals surface area contributed by atoms with E-state index in [1.165, 1.54) is 29.8 Å². The molecule has 0 radical (unpaired) electrons. The van der Waals surface area contributed by atoms with Gasteiger partial charge in [-0.1, -0.05) is 13.3 Å². The van der Waals surface area contributed by atoms with E-state index < -0.39 is 0 Å². The minimum absolute atomic E-state index is 0.191. The van der Waals surface area contributed by atoms with Crippen LogP contribution in [0.25, 0.3) is 11.0 Å². The molecule has 0 aromatic carbocycles. The summed E-state index contributed by atoms with van der Waals surface area (Å²) in [6.45, 7) is 4.91. The van der Waals surface area contributed by atoms with Gasteiger partial charge in [0.2, 0.25) is 0 Å². The number of aliphatic hydroxyl groups is 1. The van der Waals surface area contributed by atoms with Gasteiger partial charge >= 0.3 is 0 Å². The number of aromatic nitrogens is 3. The second kappa shape index (κ2) is 7.51. The molecule has 0 amide bonds. The molecule has 1 unspecified atom stereocenters. The van der Waals surface area contributed by atoms with Crippen LogP contribution >= 0.6 is 11.8 Å². The van der Waals surface area contributed by atoms with E-state index in [2.05, 4.69) is 21.9 Å².